The summed E-state index contributed by atoms with van der Waals surface area (Å²) in [7, 11) is 1.77. The lowest BCUT2D eigenvalue weighted by molar-refractivity contribution is 0.102. The molecule has 1 heterocycles. The number of para-hydroxylation sites is 1. The minimum atomic E-state index is -0.571. The number of halogens is 1. The van der Waals surface area contributed by atoms with Crippen molar-refractivity contribution in [3.8, 4) is 0 Å². The van der Waals surface area contributed by atoms with Crippen LogP contribution in [0.25, 0.3) is 10.9 Å². The molecule has 2 aromatic carbocycles. The van der Waals surface area contributed by atoms with E-state index in [1.807, 2.05) is 24.3 Å². The summed E-state index contributed by atoms with van der Waals surface area (Å²) in [4.78, 5) is 12.3. The number of hydrogen-bond donors (Lipinski definition) is 2. The maximum absolute atomic E-state index is 13.4. The second-order valence-corrected chi connectivity index (χ2v) is 4.68. The first-order valence-corrected chi connectivity index (χ1v) is 6.34. The van der Waals surface area contributed by atoms with E-state index in [-0.39, 0.29) is 5.69 Å². The number of carbonyl (C=O) groups excluding carboxylic acids is 1. The summed E-state index contributed by atoms with van der Waals surface area (Å²) in [5, 5.41) is 7.58. The van der Waals surface area contributed by atoms with Crippen LogP contribution in [0.4, 0.5) is 15.8 Å². The first-order chi connectivity index (χ1) is 10.1. The van der Waals surface area contributed by atoms with Crippen molar-refractivity contribution in [1.82, 2.24) is 9.78 Å². The lowest BCUT2D eigenvalue weighted by Gasteiger charge is -2.04. The molecule has 0 aliphatic carbocycles. The highest BCUT2D eigenvalue weighted by atomic mass is 19.1. The Balaban J connectivity index is 1.95. The van der Waals surface area contributed by atoms with E-state index < -0.39 is 11.7 Å². The van der Waals surface area contributed by atoms with Crippen LogP contribution in [0.5, 0.6) is 0 Å². The predicted molar refractivity (Wildman–Crippen MR) is 79.5 cm³/mol. The molecule has 0 saturated heterocycles. The molecule has 5 nitrogen and oxygen atoms in total. The van der Waals surface area contributed by atoms with Crippen LogP contribution in [0, 0.1) is 5.82 Å². The molecule has 0 atom stereocenters. The molecule has 0 spiro atoms. The summed E-state index contributed by atoms with van der Waals surface area (Å²) < 4.78 is 15.0. The van der Waals surface area contributed by atoms with E-state index in [1.54, 1.807) is 17.8 Å². The highest BCUT2D eigenvalue weighted by Gasteiger charge is 2.16. The van der Waals surface area contributed by atoms with Gasteiger partial charge in [0, 0.05) is 18.1 Å². The van der Waals surface area contributed by atoms with Crippen molar-refractivity contribution in [1.29, 1.82) is 0 Å². The summed E-state index contributed by atoms with van der Waals surface area (Å²) in [5.41, 5.74) is 6.93. The predicted octanol–water partition coefficient (Wildman–Crippen LogP) is 2.55. The molecule has 106 valence electrons. The first-order valence-electron chi connectivity index (χ1n) is 6.34. The lowest BCUT2D eigenvalue weighted by Crippen LogP contribution is -2.13. The molecular weight excluding hydrogens is 271 g/mol. The number of anilines is 2. The third-order valence-corrected chi connectivity index (χ3v) is 3.23. The van der Waals surface area contributed by atoms with Gasteiger partial charge in [0.25, 0.3) is 5.91 Å². The Kier molecular flexibility index (Phi) is 3.06. The van der Waals surface area contributed by atoms with Crippen molar-refractivity contribution in [2.24, 2.45) is 7.05 Å². The SMILES string of the molecule is Cn1nc(C(=O)Nc2ccc(N)c(F)c2)c2ccccc21. The van der Waals surface area contributed by atoms with Gasteiger partial charge in [0.1, 0.15) is 5.82 Å². The van der Waals surface area contributed by atoms with Crippen LogP contribution < -0.4 is 11.1 Å². The zero-order valence-electron chi connectivity index (χ0n) is 11.3. The molecular formula is C15H13FN4O. The topological polar surface area (TPSA) is 72.9 Å². The van der Waals surface area contributed by atoms with Crippen molar-refractivity contribution >= 4 is 28.2 Å². The highest BCUT2D eigenvalue weighted by molar-refractivity contribution is 6.11. The van der Waals surface area contributed by atoms with Crippen LogP contribution in [0.2, 0.25) is 0 Å². The Morgan fingerprint density at radius 2 is 2.05 bits per heavy atom. The fourth-order valence-electron chi connectivity index (χ4n) is 2.18. The fraction of sp³-hybridized carbons (Fsp3) is 0.0667. The van der Waals surface area contributed by atoms with Crippen LogP contribution in [0.3, 0.4) is 0 Å². The van der Waals surface area contributed by atoms with E-state index in [4.69, 9.17) is 5.73 Å². The molecule has 1 aromatic heterocycles. The number of amides is 1. The zero-order chi connectivity index (χ0) is 15.0. The number of benzene rings is 2. The molecule has 0 radical (unpaired) electrons. The number of nitrogens with one attached hydrogen (secondary N) is 1. The molecule has 0 bridgehead atoms. The monoisotopic (exact) mass is 284 g/mol. The molecule has 0 aliphatic rings. The second kappa shape index (κ2) is 4.90. The Bertz CT molecular complexity index is 841. The normalized spacial score (nSPS) is 10.8. The van der Waals surface area contributed by atoms with Gasteiger partial charge in [-0.1, -0.05) is 18.2 Å². The van der Waals surface area contributed by atoms with Crippen molar-refractivity contribution < 1.29 is 9.18 Å². The minimum absolute atomic E-state index is 0.0382. The molecule has 6 heteroatoms. The fourth-order valence-corrected chi connectivity index (χ4v) is 2.18. The number of nitrogens with two attached hydrogens (primary N) is 1. The van der Waals surface area contributed by atoms with E-state index in [2.05, 4.69) is 10.4 Å². The summed E-state index contributed by atoms with van der Waals surface area (Å²) in [6.07, 6.45) is 0. The molecule has 0 saturated carbocycles. The van der Waals surface area contributed by atoms with Crippen molar-refractivity contribution in [2.75, 3.05) is 11.1 Å². The standard InChI is InChI=1S/C15H13FN4O/c1-20-13-5-3-2-4-10(13)14(19-20)15(21)18-9-6-7-12(17)11(16)8-9/h2-8H,17H2,1H3,(H,18,21). The number of aromatic nitrogens is 2. The molecule has 1 amide bonds. The third-order valence-electron chi connectivity index (χ3n) is 3.23. The average Bonchev–Trinajstić information content (AvgIpc) is 2.81. The Morgan fingerprint density at radius 1 is 1.29 bits per heavy atom. The van der Waals surface area contributed by atoms with Gasteiger partial charge in [-0.3, -0.25) is 9.48 Å². The number of fused-ring (bicyclic) bond motifs is 1. The number of aryl methyl sites for hydroxylation is 1. The molecule has 21 heavy (non-hydrogen) atoms. The van der Waals surface area contributed by atoms with E-state index in [0.717, 1.165) is 10.9 Å². The molecule has 0 aliphatic heterocycles. The molecule has 0 unspecified atom stereocenters. The summed E-state index contributed by atoms with van der Waals surface area (Å²) >= 11 is 0. The van der Waals surface area contributed by atoms with Crippen LogP contribution >= 0.6 is 0 Å². The minimum Gasteiger partial charge on any atom is -0.396 e. The Labute approximate surface area is 120 Å². The second-order valence-electron chi connectivity index (χ2n) is 4.68. The van der Waals surface area contributed by atoms with Gasteiger partial charge in [0.05, 0.1) is 11.2 Å². The lowest BCUT2D eigenvalue weighted by atomic mass is 10.2. The Morgan fingerprint density at radius 3 is 2.81 bits per heavy atom. The van der Waals surface area contributed by atoms with Crippen LogP contribution in [-0.4, -0.2) is 15.7 Å². The van der Waals surface area contributed by atoms with Crippen molar-refractivity contribution in [3.05, 3.63) is 54.0 Å². The van der Waals surface area contributed by atoms with Gasteiger partial charge >= 0.3 is 0 Å². The number of carbonyl (C=O) groups is 1. The van der Waals surface area contributed by atoms with E-state index in [9.17, 15) is 9.18 Å². The summed E-state index contributed by atoms with van der Waals surface area (Å²) in [6.45, 7) is 0. The van der Waals surface area contributed by atoms with Crippen molar-refractivity contribution in [3.63, 3.8) is 0 Å². The third kappa shape index (κ3) is 2.31. The number of hydrogen-bond acceptors (Lipinski definition) is 3. The maximum Gasteiger partial charge on any atom is 0.276 e. The molecule has 3 N–H and O–H groups in total. The molecule has 3 aromatic rings. The van der Waals surface area contributed by atoms with E-state index in [0.29, 0.717) is 11.4 Å². The number of nitrogen functional groups attached to an aromatic ring is 1. The number of nitrogens with zero attached hydrogens (tertiary/aromatic N) is 2. The quantitative estimate of drug-likeness (QED) is 0.710. The van der Waals surface area contributed by atoms with Crippen LogP contribution in [0.15, 0.2) is 42.5 Å². The van der Waals surface area contributed by atoms with Gasteiger partial charge in [-0.05, 0) is 24.3 Å². The smallest absolute Gasteiger partial charge is 0.276 e. The van der Waals surface area contributed by atoms with E-state index in [1.165, 1.54) is 12.1 Å². The van der Waals surface area contributed by atoms with Crippen LogP contribution in [-0.2, 0) is 7.05 Å². The van der Waals surface area contributed by atoms with Gasteiger partial charge in [-0.2, -0.15) is 5.10 Å². The largest absolute Gasteiger partial charge is 0.396 e. The first kappa shape index (κ1) is 13.1. The highest BCUT2D eigenvalue weighted by Crippen LogP contribution is 2.20. The van der Waals surface area contributed by atoms with Gasteiger partial charge in [-0.15, -0.1) is 0 Å². The summed E-state index contributed by atoms with van der Waals surface area (Å²) in [5.74, 6) is -0.963. The number of rotatable bonds is 2. The molecule has 0 fully saturated rings. The summed E-state index contributed by atoms with van der Waals surface area (Å²) in [6, 6.07) is 11.5. The maximum atomic E-state index is 13.4. The van der Waals surface area contributed by atoms with Crippen LogP contribution in [0.1, 0.15) is 10.5 Å². The van der Waals surface area contributed by atoms with Gasteiger partial charge in [0.15, 0.2) is 5.69 Å². The van der Waals surface area contributed by atoms with Gasteiger partial charge in [0.2, 0.25) is 0 Å². The zero-order valence-corrected chi connectivity index (χ0v) is 11.3. The van der Waals surface area contributed by atoms with Gasteiger partial charge < -0.3 is 11.1 Å². The van der Waals surface area contributed by atoms with Crippen molar-refractivity contribution in [2.45, 2.75) is 0 Å². The molecule has 3 rings (SSSR count). The van der Waals surface area contributed by atoms with Gasteiger partial charge in [-0.25, -0.2) is 4.39 Å². The van der Waals surface area contributed by atoms with E-state index >= 15 is 0 Å². The average molecular weight is 284 g/mol. The Hall–Kier alpha value is -2.89.